The fourth-order valence-electron chi connectivity index (χ4n) is 4.36. The summed E-state index contributed by atoms with van der Waals surface area (Å²) in [6, 6.07) is 19.6. The number of benzene rings is 3. The molecule has 2 heterocycles. The number of aromatic nitrogens is 1. The van der Waals surface area contributed by atoms with Crippen molar-refractivity contribution in [3.8, 4) is 22.1 Å². The number of carbonyl (C=O) groups excluding carboxylic acids is 2. The molecule has 3 aromatic carbocycles. The van der Waals surface area contributed by atoms with Crippen LogP contribution >= 0.6 is 22.9 Å². The Hall–Kier alpha value is -4.14. The van der Waals surface area contributed by atoms with Crippen LogP contribution in [0.3, 0.4) is 0 Å². The molecule has 1 amide bonds. The number of halogens is 1. The van der Waals surface area contributed by atoms with Gasteiger partial charge in [0.05, 0.1) is 29.3 Å². The van der Waals surface area contributed by atoms with Crippen molar-refractivity contribution in [3.63, 3.8) is 0 Å². The summed E-state index contributed by atoms with van der Waals surface area (Å²) in [5.41, 5.74) is 2.02. The van der Waals surface area contributed by atoms with Gasteiger partial charge in [-0.15, -0.1) is 11.3 Å². The van der Waals surface area contributed by atoms with Gasteiger partial charge in [0.15, 0.2) is 17.3 Å². The summed E-state index contributed by atoms with van der Waals surface area (Å²) in [7, 11) is 1.42. The summed E-state index contributed by atoms with van der Waals surface area (Å²) >= 11 is 7.39. The van der Waals surface area contributed by atoms with Gasteiger partial charge in [0.1, 0.15) is 5.01 Å². The van der Waals surface area contributed by atoms with Gasteiger partial charge >= 0.3 is 0 Å². The molecule has 186 valence electrons. The lowest BCUT2D eigenvalue weighted by Gasteiger charge is -2.27. The van der Waals surface area contributed by atoms with Crippen molar-refractivity contribution in [1.29, 1.82) is 0 Å². The highest BCUT2D eigenvalue weighted by Gasteiger charge is 2.45. The summed E-state index contributed by atoms with van der Waals surface area (Å²) < 4.78 is 5.15. The van der Waals surface area contributed by atoms with Gasteiger partial charge in [-0.3, -0.25) is 14.5 Å². The van der Waals surface area contributed by atoms with Gasteiger partial charge in [-0.25, -0.2) is 4.98 Å². The Balaban J connectivity index is 1.65. The van der Waals surface area contributed by atoms with E-state index in [1.807, 2.05) is 30.3 Å². The molecule has 1 unspecified atom stereocenters. The van der Waals surface area contributed by atoms with E-state index in [-0.39, 0.29) is 17.1 Å². The molecule has 1 aromatic heterocycles. The maximum Gasteiger partial charge on any atom is 0.294 e. The molecular weight excluding hydrogens is 512 g/mol. The van der Waals surface area contributed by atoms with Crippen molar-refractivity contribution >= 4 is 40.3 Å². The minimum absolute atomic E-state index is 0.110. The average Bonchev–Trinajstić information content (AvgIpc) is 3.41. The number of ketones is 1. The first-order chi connectivity index (χ1) is 17.8. The van der Waals surface area contributed by atoms with Crippen molar-refractivity contribution in [2.75, 3.05) is 12.0 Å². The third-order valence-electron chi connectivity index (χ3n) is 6.08. The van der Waals surface area contributed by atoms with Crippen LogP contribution in [0.2, 0.25) is 5.02 Å². The minimum Gasteiger partial charge on any atom is -0.504 e. The first kappa shape index (κ1) is 24.5. The molecule has 0 saturated heterocycles. The van der Waals surface area contributed by atoms with Crippen LogP contribution in [0.5, 0.6) is 11.5 Å². The predicted molar refractivity (Wildman–Crippen MR) is 143 cm³/mol. The van der Waals surface area contributed by atoms with Crippen LogP contribution < -0.4 is 9.64 Å². The number of ether oxygens (including phenoxy) is 1. The first-order valence-electron chi connectivity index (χ1n) is 11.3. The fraction of sp³-hybridized carbons (Fsp3) is 0.107. The SMILES string of the molecule is COc1ccc(C2C(C(=O)c3sc(-c4ccccc4)nc3C)=C(O)C(=O)N2c2cccc(Cl)c2)cc1O. The molecule has 37 heavy (non-hydrogen) atoms. The smallest absolute Gasteiger partial charge is 0.294 e. The van der Waals surface area contributed by atoms with Crippen molar-refractivity contribution in [3.05, 3.63) is 105 Å². The monoisotopic (exact) mass is 532 g/mol. The van der Waals surface area contributed by atoms with Gasteiger partial charge < -0.3 is 14.9 Å². The Morgan fingerprint density at radius 3 is 2.49 bits per heavy atom. The number of thiazole rings is 1. The predicted octanol–water partition coefficient (Wildman–Crippen LogP) is 6.27. The van der Waals surface area contributed by atoms with Gasteiger partial charge in [-0.2, -0.15) is 0 Å². The molecule has 0 fully saturated rings. The van der Waals surface area contributed by atoms with E-state index < -0.39 is 23.5 Å². The summed E-state index contributed by atoms with van der Waals surface area (Å²) in [4.78, 5) is 33.5. The largest absolute Gasteiger partial charge is 0.504 e. The second-order valence-electron chi connectivity index (χ2n) is 8.38. The zero-order chi connectivity index (χ0) is 26.3. The number of anilines is 1. The van der Waals surface area contributed by atoms with E-state index in [2.05, 4.69) is 4.98 Å². The number of amides is 1. The van der Waals surface area contributed by atoms with Crippen molar-refractivity contribution in [2.24, 2.45) is 0 Å². The number of aromatic hydroxyl groups is 1. The molecule has 0 saturated carbocycles. The number of nitrogens with zero attached hydrogens (tertiary/aromatic N) is 2. The van der Waals surface area contributed by atoms with Crippen LogP contribution in [0.15, 0.2) is 84.1 Å². The lowest BCUT2D eigenvalue weighted by atomic mass is 9.94. The number of aliphatic hydroxyl groups excluding tert-OH is 1. The topological polar surface area (TPSA) is 100.0 Å². The minimum atomic E-state index is -1.03. The fourth-order valence-corrected chi connectivity index (χ4v) is 5.57. The molecule has 0 radical (unpaired) electrons. The number of carbonyl (C=O) groups is 2. The number of rotatable bonds is 6. The molecule has 1 aliphatic heterocycles. The van der Waals surface area contributed by atoms with E-state index in [1.54, 1.807) is 37.3 Å². The third kappa shape index (κ3) is 4.34. The number of Topliss-reactive ketones (excluding diaryl/α,β-unsaturated/α-hetero) is 1. The third-order valence-corrected chi connectivity index (χ3v) is 7.52. The van der Waals surface area contributed by atoms with E-state index in [1.165, 1.54) is 35.5 Å². The second kappa shape index (κ2) is 9.72. The number of phenols is 1. The molecule has 4 aromatic rings. The summed E-state index contributed by atoms with van der Waals surface area (Å²) in [6.45, 7) is 1.72. The Kier molecular flexibility index (Phi) is 6.45. The van der Waals surface area contributed by atoms with Gasteiger partial charge in [-0.05, 0) is 42.8 Å². The maximum absolute atomic E-state index is 14.0. The number of aliphatic hydroxyl groups is 1. The lowest BCUT2D eigenvalue weighted by molar-refractivity contribution is -0.117. The van der Waals surface area contributed by atoms with Crippen molar-refractivity contribution < 1.29 is 24.5 Å². The van der Waals surface area contributed by atoms with E-state index in [4.69, 9.17) is 16.3 Å². The lowest BCUT2D eigenvalue weighted by Crippen LogP contribution is -2.31. The number of phenolic OH excluding ortho intramolecular Hbond substituents is 1. The molecule has 9 heteroatoms. The van der Waals surface area contributed by atoms with Gasteiger partial charge in [-0.1, -0.05) is 54.1 Å². The van der Waals surface area contributed by atoms with Gasteiger partial charge in [0, 0.05) is 16.3 Å². The average molecular weight is 533 g/mol. The van der Waals surface area contributed by atoms with Crippen LogP contribution in [0, 0.1) is 6.92 Å². The zero-order valence-electron chi connectivity index (χ0n) is 19.8. The summed E-state index contributed by atoms with van der Waals surface area (Å²) in [5, 5.41) is 22.5. The number of hydrogen-bond donors (Lipinski definition) is 2. The Labute approximate surface area is 221 Å². The van der Waals surface area contributed by atoms with E-state index >= 15 is 0 Å². The van der Waals surface area contributed by atoms with Crippen LogP contribution in [0.25, 0.3) is 10.6 Å². The van der Waals surface area contributed by atoms with Crippen LogP contribution in [-0.2, 0) is 4.79 Å². The Morgan fingerprint density at radius 1 is 1.05 bits per heavy atom. The Bertz CT molecular complexity index is 1560. The normalized spacial score (nSPS) is 15.4. The van der Waals surface area contributed by atoms with Crippen LogP contribution in [0.1, 0.15) is 27.0 Å². The highest BCUT2D eigenvalue weighted by Crippen LogP contribution is 2.45. The number of hydrogen-bond acceptors (Lipinski definition) is 7. The van der Waals surface area contributed by atoms with Crippen LogP contribution in [-0.4, -0.2) is 34.0 Å². The molecule has 5 rings (SSSR count). The highest BCUT2D eigenvalue weighted by molar-refractivity contribution is 7.17. The summed E-state index contributed by atoms with van der Waals surface area (Å²) in [5.74, 6) is -1.88. The van der Waals surface area contributed by atoms with E-state index in [0.717, 1.165) is 5.56 Å². The first-order valence-corrected chi connectivity index (χ1v) is 12.5. The van der Waals surface area contributed by atoms with Crippen molar-refractivity contribution in [1.82, 2.24) is 4.98 Å². The quantitative estimate of drug-likeness (QED) is 0.284. The van der Waals surface area contributed by atoms with Gasteiger partial charge in [0.2, 0.25) is 5.78 Å². The second-order valence-corrected chi connectivity index (χ2v) is 9.82. The standard InChI is InChI=1S/C28H21ClN2O5S/c1-15-26(37-27(30-15)16-7-4-3-5-8-16)24(33)22-23(17-11-12-21(36-2)20(32)13-17)31(28(35)25(22)34)19-10-6-9-18(29)14-19/h3-14,23,32,34H,1-2H3. The number of methoxy groups -OCH3 is 1. The van der Waals surface area contributed by atoms with Gasteiger partial charge in [0.25, 0.3) is 5.91 Å². The maximum atomic E-state index is 14.0. The Morgan fingerprint density at radius 2 is 1.81 bits per heavy atom. The molecule has 7 nitrogen and oxygen atoms in total. The highest BCUT2D eigenvalue weighted by atomic mass is 35.5. The van der Waals surface area contributed by atoms with Crippen molar-refractivity contribution in [2.45, 2.75) is 13.0 Å². The summed E-state index contributed by atoms with van der Waals surface area (Å²) in [6.07, 6.45) is 0. The molecule has 0 spiro atoms. The molecule has 1 atom stereocenters. The van der Waals surface area contributed by atoms with Crippen LogP contribution in [0.4, 0.5) is 5.69 Å². The van der Waals surface area contributed by atoms with E-state index in [9.17, 15) is 19.8 Å². The zero-order valence-corrected chi connectivity index (χ0v) is 21.4. The van der Waals surface area contributed by atoms with E-state index in [0.29, 0.717) is 31.9 Å². The molecule has 1 aliphatic rings. The molecule has 0 bridgehead atoms. The molecular formula is C28H21ClN2O5S. The number of aryl methyl sites for hydroxylation is 1. The molecule has 2 N–H and O–H groups in total. The molecule has 0 aliphatic carbocycles.